The van der Waals surface area contributed by atoms with Crippen molar-refractivity contribution in [3.63, 3.8) is 0 Å². The molecule has 0 radical (unpaired) electrons. The van der Waals surface area contributed by atoms with Gasteiger partial charge < -0.3 is 19.8 Å². The molecule has 1 aliphatic heterocycles. The fraction of sp³-hybridized carbons (Fsp3) is 0.429. The lowest BCUT2D eigenvalue weighted by atomic mass is 10.1. The summed E-state index contributed by atoms with van der Waals surface area (Å²) < 4.78 is 13.4. The quantitative estimate of drug-likeness (QED) is 0.899. The van der Waals surface area contributed by atoms with Crippen molar-refractivity contribution in [2.24, 2.45) is 12.8 Å². The first kappa shape index (κ1) is 11.4. The number of hydrogen-bond donors (Lipinski definition) is 1. The molecule has 18 heavy (non-hydrogen) atoms. The van der Waals surface area contributed by atoms with E-state index in [1.807, 2.05) is 0 Å². The van der Waals surface area contributed by atoms with E-state index in [0.717, 1.165) is 30.9 Å². The summed E-state index contributed by atoms with van der Waals surface area (Å²) in [5, 5.41) is 1.25. The van der Waals surface area contributed by atoms with E-state index >= 15 is 0 Å². The Kier molecular flexibility index (Phi) is 2.88. The van der Waals surface area contributed by atoms with Gasteiger partial charge in [-0.3, -0.25) is 0 Å². The van der Waals surface area contributed by atoms with Gasteiger partial charge in [-0.05, 0) is 31.0 Å². The number of aryl methyl sites for hydroxylation is 2. The number of ether oxygens (including phenoxy) is 2. The van der Waals surface area contributed by atoms with Crippen molar-refractivity contribution in [1.82, 2.24) is 4.57 Å². The molecule has 1 aromatic heterocycles. The molecule has 0 aliphatic carbocycles. The second-order valence-electron chi connectivity index (χ2n) is 4.67. The van der Waals surface area contributed by atoms with Gasteiger partial charge in [-0.15, -0.1) is 0 Å². The van der Waals surface area contributed by atoms with Crippen LogP contribution in [0.25, 0.3) is 10.9 Å². The molecule has 2 aromatic rings. The lowest BCUT2D eigenvalue weighted by Crippen LogP contribution is -2.15. The summed E-state index contributed by atoms with van der Waals surface area (Å²) >= 11 is 0. The number of aromatic nitrogens is 1. The summed E-state index contributed by atoms with van der Waals surface area (Å²) in [5.41, 5.74) is 8.10. The first-order valence-corrected chi connectivity index (χ1v) is 6.37. The zero-order valence-corrected chi connectivity index (χ0v) is 10.6. The van der Waals surface area contributed by atoms with Gasteiger partial charge in [0.25, 0.3) is 0 Å². The van der Waals surface area contributed by atoms with Crippen molar-refractivity contribution in [1.29, 1.82) is 0 Å². The Balaban J connectivity index is 2.10. The molecule has 3 rings (SSSR count). The third-order valence-corrected chi connectivity index (χ3v) is 3.39. The maximum absolute atomic E-state index is 5.64. The maximum atomic E-state index is 5.64. The molecule has 0 spiro atoms. The number of nitrogens with two attached hydrogens (primary N) is 1. The molecule has 0 fully saturated rings. The SMILES string of the molecule is Cn1cc(CCCN)c2cc3c(cc21)OCCO3. The molecule has 1 aliphatic rings. The van der Waals surface area contributed by atoms with Crippen LogP contribution in [0.5, 0.6) is 11.5 Å². The summed E-state index contributed by atoms with van der Waals surface area (Å²) in [6, 6.07) is 4.16. The summed E-state index contributed by atoms with van der Waals surface area (Å²) in [5.74, 6) is 1.70. The first-order chi connectivity index (χ1) is 8.79. The van der Waals surface area contributed by atoms with Crippen LogP contribution in [0.2, 0.25) is 0 Å². The van der Waals surface area contributed by atoms with Crippen LogP contribution in [0.4, 0.5) is 0 Å². The Morgan fingerprint density at radius 3 is 2.67 bits per heavy atom. The van der Waals surface area contributed by atoms with Crippen molar-refractivity contribution in [3.05, 3.63) is 23.9 Å². The van der Waals surface area contributed by atoms with Crippen LogP contribution in [-0.4, -0.2) is 24.3 Å². The van der Waals surface area contributed by atoms with E-state index in [-0.39, 0.29) is 0 Å². The molecule has 0 amide bonds. The fourth-order valence-electron chi connectivity index (χ4n) is 2.49. The van der Waals surface area contributed by atoms with Crippen LogP contribution in [-0.2, 0) is 13.5 Å². The molecule has 96 valence electrons. The van der Waals surface area contributed by atoms with E-state index in [2.05, 4.69) is 29.9 Å². The van der Waals surface area contributed by atoms with E-state index in [9.17, 15) is 0 Å². The predicted octanol–water partition coefficient (Wildman–Crippen LogP) is 1.84. The smallest absolute Gasteiger partial charge is 0.163 e. The van der Waals surface area contributed by atoms with E-state index in [4.69, 9.17) is 15.2 Å². The van der Waals surface area contributed by atoms with Crippen LogP contribution in [0.1, 0.15) is 12.0 Å². The molecular formula is C14H18N2O2. The number of hydrogen-bond acceptors (Lipinski definition) is 3. The monoisotopic (exact) mass is 246 g/mol. The van der Waals surface area contributed by atoms with Crippen LogP contribution < -0.4 is 15.2 Å². The summed E-state index contributed by atoms with van der Waals surface area (Å²) in [6.07, 6.45) is 4.19. The maximum Gasteiger partial charge on any atom is 0.163 e. The summed E-state index contributed by atoms with van der Waals surface area (Å²) in [6.45, 7) is 1.98. The molecule has 1 aromatic carbocycles. The Hall–Kier alpha value is -1.68. The Morgan fingerprint density at radius 2 is 1.94 bits per heavy atom. The highest BCUT2D eigenvalue weighted by molar-refractivity contribution is 5.87. The minimum atomic E-state index is 0.628. The predicted molar refractivity (Wildman–Crippen MR) is 71.3 cm³/mol. The van der Waals surface area contributed by atoms with Crippen molar-refractivity contribution >= 4 is 10.9 Å². The van der Waals surface area contributed by atoms with Crippen molar-refractivity contribution in [2.45, 2.75) is 12.8 Å². The molecule has 2 N–H and O–H groups in total. The largest absolute Gasteiger partial charge is 0.486 e. The lowest BCUT2D eigenvalue weighted by Gasteiger charge is -2.18. The molecule has 0 saturated heterocycles. The fourth-order valence-corrected chi connectivity index (χ4v) is 2.49. The van der Waals surface area contributed by atoms with Gasteiger partial charge in [0, 0.05) is 24.7 Å². The molecule has 0 saturated carbocycles. The van der Waals surface area contributed by atoms with Gasteiger partial charge in [0.15, 0.2) is 11.5 Å². The van der Waals surface area contributed by atoms with Gasteiger partial charge in [-0.2, -0.15) is 0 Å². The van der Waals surface area contributed by atoms with Crippen LogP contribution in [0.3, 0.4) is 0 Å². The highest BCUT2D eigenvalue weighted by atomic mass is 16.6. The number of nitrogens with zero attached hydrogens (tertiary/aromatic N) is 1. The first-order valence-electron chi connectivity index (χ1n) is 6.37. The molecule has 2 heterocycles. The molecule has 4 heteroatoms. The van der Waals surface area contributed by atoms with E-state index < -0.39 is 0 Å². The summed E-state index contributed by atoms with van der Waals surface area (Å²) in [4.78, 5) is 0. The molecule has 4 nitrogen and oxygen atoms in total. The Bertz CT molecular complexity index is 575. The van der Waals surface area contributed by atoms with E-state index in [1.165, 1.54) is 16.5 Å². The van der Waals surface area contributed by atoms with Gasteiger partial charge in [0.05, 0.1) is 5.52 Å². The number of benzene rings is 1. The third kappa shape index (κ3) is 1.82. The average Bonchev–Trinajstić information content (AvgIpc) is 2.70. The van der Waals surface area contributed by atoms with E-state index in [1.54, 1.807) is 0 Å². The van der Waals surface area contributed by atoms with Gasteiger partial charge >= 0.3 is 0 Å². The third-order valence-electron chi connectivity index (χ3n) is 3.39. The highest BCUT2D eigenvalue weighted by Crippen LogP contribution is 2.36. The zero-order chi connectivity index (χ0) is 12.5. The minimum absolute atomic E-state index is 0.628. The normalized spacial score (nSPS) is 14.1. The van der Waals surface area contributed by atoms with Gasteiger partial charge in [-0.25, -0.2) is 0 Å². The van der Waals surface area contributed by atoms with Crippen molar-refractivity contribution in [2.75, 3.05) is 19.8 Å². The van der Waals surface area contributed by atoms with Crippen LogP contribution in [0, 0.1) is 0 Å². The number of fused-ring (bicyclic) bond motifs is 2. The highest BCUT2D eigenvalue weighted by Gasteiger charge is 2.16. The van der Waals surface area contributed by atoms with Crippen molar-refractivity contribution < 1.29 is 9.47 Å². The lowest BCUT2D eigenvalue weighted by molar-refractivity contribution is 0.172. The average molecular weight is 246 g/mol. The zero-order valence-electron chi connectivity index (χ0n) is 10.6. The standard InChI is InChI=1S/C14H18N2O2/c1-16-9-10(3-2-4-15)11-7-13-14(8-12(11)16)18-6-5-17-13/h7-9H,2-6,15H2,1H3. The van der Waals surface area contributed by atoms with Crippen molar-refractivity contribution in [3.8, 4) is 11.5 Å². The molecule has 0 bridgehead atoms. The summed E-state index contributed by atoms with van der Waals surface area (Å²) in [7, 11) is 2.06. The molecule has 0 atom stereocenters. The van der Waals surface area contributed by atoms with Gasteiger partial charge in [0.1, 0.15) is 13.2 Å². The van der Waals surface area contributed by atoms with Gasteiger partial charge in [-0.1, -0.05) is 0 Å². The van der Waals surface area contributed by atoms with Crippen LogP contribution >= 0.6 is 0 Å². The Morgan fingerprint density at radius 1 is 1.22 bits per heavy atom. The van der Waals surface area contributed by atoms with Crippen LogP contribution in [0.15, 0.2) is 18.3 Å². The molecule has 0 unspecified atom stereocenters. The van der Waals surface area contributed by atoms with E-state index in [0.29, 0.717) is 13.2 Å². The number of rotatable bonds is 3. The second-order valence-corrected chi connectivity index (χ2v) is 4.67. The Labute approximate surface area is 106 Å². The minimum Gasteiger partial charge on any atom is -0.486 e. The van der Waals surface area contributed by atoms with Gasteiger partial charge in [0.2, 0.25) is 0 Å². The topological polar surface area (TPSA) is 49.4 Å². The molecular weight excluding hydrogens is 228 g/mol. The second kappa shape index (κ2) is 4.53.